The number of carbonyl (C=O) groups excluding carboxylic acids is 3. The van der Waals surface area contributed by atoms with E-state index in [0.29, 0.717) is 16.3 Å². The van der Waals surface area contributed by atoms with E-state index in [1.165, 1.54) is 25.2 Å². The maximum atomic E-state index is 12.4. The van der Waals surface area contributed by atoms with Crippen LogP contribution in [0.1, 0.15) is 33.9 Å². The van der Waals surface area contributed by atoms with Gasteiger partial charge in [0.15, 0.2) is 11.9 Å². The average Bonchev–Trinajstić information content (AvgIpc) is 2.99. The zero-order valence-electron chi connectivity index (χ0n) is 14.6. The maximum absolute atomic E-state index is 12.4. The fourth-order valence-corrected chi connectivity index (χ4v) is 3.84. The van der Waals surface area contributed by atoms with Gasteiger partial charge >= 0.3 is 5.97 Å². The maximum Gasteiger partial charge on any atom is 0.350 e. The summed E-state index contributed by atoms with van der Waals surface area (Å²) in [5.74, 6) is -1.18. The van der Waals surface area contributed by atoms with Gasteiger partial charge in [0.25, 0.3) is 5.91 Å². The molecule has 1 amide bonds. The predicted octanol–water partition coefficient (Wildman–Crippen LogP) is 4.94. The first-order chi connectivity index (χ1) is 12.9. The summed E-state index contributed by atoms with van der Waals surface area (Å²) < 4.78 is 6.14. The Kier molecular flexibility index (Phi) is 5.58. The lowest BCUT2D eigenvalue weighted by molar-refractivity contribution is -0.123. The molecular weight excluding hydrogens is 386 g/mol. The topological polar surface area (TPSA) is 72.5 Å². The zero-order valence-corrected chi connectivity index (χ0v) is 16.2. The number of Topliss-reactive ketones (excluding diaryl/α,β-unsaturated/α-hetero) is 1. The molecule has 3 aromatic rings. The molecule has 1 aromatic heterocycles. The lowest BCUT2D eigenvalue weighted by atomic mass is 10.1. The predicted molar refractivity (Wildman–Crippen MR) is 107 cm³/mol. The zero-order chi connectivity index (χ0) is 19.6. The standard InChI is InChI=1S/C20H16ClNO4S/c1-11(23)13-7-9-14(10-8-13)22-19(24)12(2)26-20(25)18-17(21)15-5-3-4-6-16(15)27-18/h3-10,12H,1-2H3,(H,22,24)/t12-/m0/s1. The molecular formula is C20H16ClNO4S. The van der Waals surface area contributed by atoms with E-state index in [1.54, 1.807) is 24.3 Å². The Hall–Kier alpha value is -2.70. The lowest BCUT2D eigenvalue weighted by Crippen LogP contribution is -2.29. The number of hydrogen-bond donors (Lipinski definition) is 1. The Morgan fingerprint density at radius 3 is 2.37 bits per heavy atom. The van der Waals surface area contributed by atoms with Crippen molar-refractivity contribution in [2.75, 3.05) is 5.32 Å². The van der Waals surface area contributed by atoms with Gasteiger partial charge in [-0.05, 0) is 44.2 Å². The number of halogens is 1. The van der Waals surface area contributed by atoms with Crippen molar-refractivity contribution < 1.29 is 19.1 Å². The van der Waals surface area contributed by atoms with Gasteiger partial charge in [0.2, 0.25) is 0 Å². The molecule has 0 saturated carbocycles. The van der Waals surface area contributed by atoms with Crippen molar-refractivity contribution in [2.45, 2.75) is 20.0 Å². The molecule has 138 valence electrons. The van der Waals surface area contributed by atoms with Crippen LogP contribution in [0.15, 0.2) is 48.5 Å². The van der Waals surface area contributed by atoms with Crippen LogP contribution < -0.4 is 5.32 Å². The van der Waals surface area contributed by atoms with Crippen molar-refractivity contribution in [1.29, 1.82) is 0 Å². The van der Waals surface area contributed by atoms with Gasteiger partial charge in [-0.25, -0.2) is 4.79 Å². The number of benzene rings is 2. The average molecular weight is 402 g/mol. The molecule has 0 aliphatic heterocycles. The molecule has 0 aliphatic carbocycles. The van der Waals surface area contributed by atoms with E-state index in [1.807, 2.05) is 24.3 Å². The fourth-order valence-electron chi connectivity index (χ4n) is 2.45. The summed E-state index contributed by atoms with van der Waals surface area (Å²) in [5.41, 5.74) is 1.06. The molecule has 1 N–H and O–H groups in total. The quantitative estimate of drug-likeness (QED) is 0.485. The molecule has 0 fully saturated rings. The highest BCUT2D eigenvalue weighted by Crippen LogP contribution is 2.35. The van der Waals surface area contributed by atoms with Gasteiger partial charge < -0.3 is 10.1 Å². The van der Waals surface area contributed by atoms with E-state index >= 15 is 0 Å². The summed E-state index contributed by atoms with van der Waals surface area (Å²) in [7, 11) is 0. The number of fused-ring (bicyclic) bond motifs is 1. The first-order valence-electron chi connectivity index (χ1n) is 8.16. The van der Waals surface area contributed by atoms with Crippen LogP contribution in [0.25, 0.3) is 10.1 Å². The third-order valence-electron chi connectivity index (χ3n) is 3.93. The molecule has 2 aromatic carbocycles. The number of amides is 1. The van der Waals surface area contributed by atoms with Gasteiger partial charge in [0.1, 0.15) is 4.88 Å². The molecule has 0 radical (unpaired) electrons. The van der Waals surface area contributed by atoms with Gasteiger partial charge in [-0.15, -0.1) is 11.3 Å². The molecule has 0 saturated heterocycles. The minimum Gasteiger partial charge on any atom is -0.448 e. The molecule has 0 bridgehead atoms. The highest BCUT2D eigenvalue weighted by atomic mass is 35.5. The number of esters is 1. The number of nitrogens with one attached hydrogen (secondary N) is 1. The van der Waals surface area contributed by atoms with Crippen molar-refractivity contribution in [3.8, 4) is 0 Å². The normalized spacial score (nSPS) is 11.8. The fraction of sp³-hybridized carbons (Fsp3) is 0.150. The first-order valence-corrected chi connectivity index (χ1v) is 9.36. The number of hydrogen-bond acceptors (Lipinski definition) is 5. The Balaban J connectivity index is 1.67. The minimum atomic E-state index is -1.01. The molecule has 0 aliphatic rings. The Bertz CT molecular complexity index is 1030. The van der Waals surface area contributed by atoms with Crippen LogP contribution in [0.3, 0.4) is 0 Å². The smallest absolute Gasteiger partial charge is 0.350 e. The van der Waals surface area contributed by atoms with Gasteiger partial charge in [-0.1, -0.05) is 29.8 Å². The number of anilines is 1. The van der Waals surface area contributed by atoms with E-state index in [9.17, 15) is 14.4 Å². The third-order valence-corrected chi connectivity index (χ3v) is 5.59. The summed E-state index contributed by atoms with van der Waals surface area (Å²) >= 11 is 7.49. The number of thiophene rings is 1. The monoisotopic (exact) mass is 401 g/mol. The van der Waals surface area contributed by atoms with E-state index < -0.39 is 18.0 Å². The number of ketones is 1. The summed E-state index contributed by atoms with van der Waals surface area (Å²) in [5, 5.41) is 3.75. The first kappa shape index (κ1) is 19.1. The van der Waals surface area contributed by atoms with Crippen LogP contribution in [-0.2, 0) is 9.53 Å². The summed E-state index contributed by atoms with van der Waals surface area (Å²) in [6.45, 7) is 2.95. The Morgan fingerprint density at radius 1 is 1.07 bits per heavy atom. The Labute approximate surface area is 164 Å². The van der Waals surface area contributed by atoms with E-state index in [2.05, 4.69) is 5.32 Å². The molecule has 27 heavy (non-hydrogen) atoms. The van der Waals surface area contributed by atoms with Gasteiger partial charge in [0, 0.05) is 21.3 Å². The number of carbonyl (C=O) groups is 3. The second-order valence-electron chi connectivity index (χ2n) is 5.91. The lowest BCUT2D eigenvalue weighted by Gasteiger charge is -2.13. The SMILES string of the molecule is CC(=O)c1ccc(NC(=O)[C@H](C)OC(=O)c2sc3ccccc3c2Cl)cc1. The summed E-state index contributed by atoms with van der Waals surface area (Å²) in [4.78, 5) is 36.2. The van der Waals surface area contributed by atoms with Crippen LogP contribution in [0.4, 0.5) is 5.69 Å². The van der Waals surface area contributed by atoms with E-state index in [-0.39, 0.29) is 10.7 Å². The molecule has 1 atom stereocenters. The van der Waals surface area contributed by atoms with Crippen molar-refractivity contribution in [3.63, 3.8) is 0 Å². The van der Waals surface area contributed by atoms with Crippen molar-refractivity contribution in [2.24, 2.45) is 0 Å². The molecule has 0 unspecified atom stereocenters. The van der Waals surface area contributed by atoms with E-state index in [4.69, 9.17) is 16.3 Å². The highest BCUT2D eigenvalue weighted by Gasteiger charge is 2.23. The second-order valence-corrected chi connectivity index (χ2v) is 7.34. The second kappa shape index (κ2) is 7.90. The van der Waals surface area contributed by atoms with Crippen LogP contribution in [0.2, 0.25) is 5.02 Å². The van der Waals surface area contributed by atoms with Crippen LogP contribution >= 0.6 is 22.9 Å². The van der Waals surface area contributed by atoms with Gasteiger partial charge in [0.05, 0.1) is 5.02 Å². The molecule has 1 heterocycles. The van der Waals surface area contributed by atoms with Gasteiger partial charge in [-0.2, -0.15) is 0 Å². The van der Waals surface area contributed by atoms with Crippen LogP contribution in [0.5, 0.6) is 0 Å². The van der Waals surface area contributed by atoms with Crippen molar-refractivity contribution >= 4 is 56.4 Å². The van der Waals surface area contributed by atoms with Gasteiger partial charge in [-0.3, -0.25) is 9.59 Å². The van der Waals surface area contributed by atoms with Crippen LogP contribution in [-0.4, -0.2) is 23.8 Å². The minimum absolute atomic E-state index is 0.0598. The molecule has 3 rings (SSSR count). The summed E-state index contributed by atoms with van der Waals surface area (Å²) in [6, 6.07) is 13.9. The highest BCUT2D eigenvalue weighted by molar-refractivity contribution is 7.21. The number of ether oxygens (including phenoxy) is 1. The Morgan fingerprint density at radius 2 is 1.74 bits per heavy atom. The van der Waals surface area contributed by atoms with E-state index in [0.717, 1.165) is 10.1 Å². The van der Waals surface area contributed by atoms with Crippen molar-refractivity contribution in [1.82, 2.24) is 0 Å². The largest absolute Gasteiger partial charge is 0.448 e. The number of rotatable bonds is 5. The van der Waals surface area contributed by atoms with Crippen LogP contribution in [0, 0.1) is 0 Å². The molecule has 7 heteroatoms. The third kappa shape index (κ3) is 4.18. The summed E-state index contributed by atoms with van der Waals surface area (Å²) in [6.07, 6.45) is -1.01. The molecule has 0 spiro atoms. The molecule has 5 nitrogen and oxygen atoms in total. The van der Waals surface area contributed by atoms with Crippen molar-refractivity contribution in [3.05, 3.63) is 64.0 Å².